The van der Waals surface area contributed by atoms with E-state index in [1.165, 1.54) is 18.2 Å². The van der Waals surface area contributed by atoms with Gasteiger partial charge >= 0.3 is 35.8 Å². The van der Waals surface area contributed by atoms with E-state index >= 15 is 0 Å². The van der Waals surface area contributed by atoms with Crippen molar-refractivity contribution in [1.82, 2.24) is 0 Å². The third-order valence-corrected chi connectivity index (χ3v) is 8.87. The van der Waals surface area contributed by atoms with Crippen molar-refractivity contribution in [2.24, 2.45) is 23.2 Å². The Morgan fingerprint density at radius 2 is 1.26 bits per heavy atom. The maximum Gasteiger partial charge on any atom is 0.338 e. The van der Waals surface area contributed by atoms with Crippen LogP contribution in [0.1, 0.15) is 79.1 Å². The van der Waals surface area contributed by atoms with Gasteiger partial charge in [-0.15, -0.1) is 0 Å². The van der Waals surface area contributed by atoms with E-state index in [0.29, 0.717) is 0 Å². The first-order valence-corrected chi connectivity index (χ1v) is 16.3. The molecule has 1 saturated carbocycles. The van der Waals surface area contributed by atoms with Crippen LogP contribution in [-0.4, -0.2) is 77.7 Å². The van der Waals surface area contributed by atoms with Crippen molar-refractivity contribution in [3.8, 4) is 0 Å². The van der Waals surface area contributed by atoms with Crippen LogP contribution in [0.25, 0.3) is 0 Å². The van der Waals surface area contributed by atoms with Crippen LogP contribution in [0.3, 0.4) is 0 Å². The summed E-state index contributed by atoms with van der Waals surface area (Å²) in [5.41, 5.74) is -3.44. The molecular formula is C37H46O13. The number of carbonyl (C=O) groups is 7. The summed E-state index contributed by atoms with van der Waals surface area (Å²) in [7, 11) is 0. The number of esters is 6. The lowest BCUT2D eigenvalue weighted by atomic mass is 9.72. The number of ether oxygens (including phenoxy) is 6. The van der Waals surface area contributed by atoms with Crippen LogP contribution in [0.4, 0.5) is 0 Å². The number of Topliss-reactive ketones (excluding diaryl/α,β-unsaturated/α-hetero) is 1. The van der Waals surface area contributed by atoms with Gasteiger partial charge < -0.3 is 28.4 Å². The van der Waals surface area contributed by atoms with Gasteiger partial charge in [-0.05, 0) is 18.1 Å². The van der Waals surface area contributed by atoms with E-state index in [4.69, 9.17) is 28.4 Å². The summed E-state index contributed by atoms with van der Waals surface area (Å²) in [5, 5.41) is 0. The van der Waals surface area contributed by atoms with Crippen LogP contribution in [0.5, 0.6) is 0 Å². The summed E-state index contributed by atoms with van der Waals surface area (Å²) < 4.78 is 35.2. The Labute approximate surface area is 291 Å². The van der Waals surface area contributed by atoms with Crippen LogP contribution in [0.2, 0.25) is 0 Å². The first-order valence-electron chi connectivity index (χ1n) is 16.3. The van der Waals surface area contributed by atoms with Crippen LogP contribution in [0, 0.1) is 23.2 Å². The molecule has 0 N–H and O–H groups in total. The van der Waals surface area contributed by atoms with Gasteiger partial charge in [-0.1, -0.05) is 64.6 Å². The summed E-state index contributed by atoms with van der Waals surface area (Å²) in [4.78, 5) is 92.0. The minimum Gasteiger partial charge on any atom is -0.462 e. The largest absolute Gasteiger partial charge is 0.462 e. The molecule has 1 fully saturated rings. The van der Waals surface area contributed by atoms with Gasteiger partial charge in [0.05, 0.1) is 11.5 Å². The number of rotatable bonds is 7. The monoisotopic (exact) mass is 698 g/mol. The highest BCUT2D eigenvalue weighted by Gasteiger charge is 2.66. The Balaban J connectivity index is 2.52. The average molecular weight is 699 g/mol. The van der Waals surface area contributed by atoms with Crippen molar-refractivity contribution in [3.63, 3.8) is 0 Å². The van der Waals surface area contributed by atoms with Gasteiger partial charge in [0.15, 0.2) is 29.7 Å². The van der Waals surface area contributed by atoms with Gasteiger partial charge in [-0.2, -0.15) is 0 Å². The van der Waals surface area contributed by atoms with E-state index in [2.05, 4.69) is 6.58 Å². The van der Waals surface area contributed by atoms with Crippen molar-refractivity contribution < 1.29 is 62.0 Å². The van der Waals surface area contributed by atoms with Gasteiger partial charge in [-0.25, -0.2) is 4.79 Å². The molecule has 3 rings (SSSR count). The van der Waals surface area contributed by atoms with Gasteiger partial charge in [0.1, 0.15) is 12.2 Å². The Hall–Kier alpha value is -4.81. The summed E-state index contributed by atoms with van der Waals surface area (Å²) in [6.07, 6.45) is -4.62. The van der Waals surface area contributed by atoms with E-state index in [1.54, 1.807) is 52.0 Å². The minimum absolute atomic E-state index is 0.0849. The van der Waals surface area contributed by atoms with E-state index in [9.17, 15) is 33.6 Å². The van der Waals surface area contributed by atoms with Gasteiger partial charge in [0.2, 0.25) is 0 Å². The number of carbonyl (C=O) groups excluding carboxylic acids is 7. The molecule has 0 amide bonds. The maximum atomic E-state index is 14.7. The number of allylic oxidation sites excluding steroid dienone is 1. The number of benzene rings is 1. The molecule has 13 nitrogen and oxygen atoms in total. The smallest absolute Gasteiger partial charge is 0.338 e. The molecule has 13 heteroatoms. The Kier molecular flexibility index (Phi) is 12.5. The van der Waals surface area contributed by atoms with Crippen LogP contribution in [-0.2, 0) is 57.2 Å². The topological polar surface area (TPSA) is 175 Å². The summed E-state index contributed by atoms with van der Waals surface area (Å²) in [6.45, 7) is 16.3. The molecule has 0 bridgehead atoms. The first-order chi connectivity index (χ1) is 23.2. The molecule has 0 heterocycles. The molecule has 2 aliphatic rings. The van der Waals surface area contributed by atoms with Crippen LogP contribution < -0.4 is 0 Å². The second-order valence-electron chi connectivity index (χ2n) is 13.5. The molecule has 0 aliphatic heterocycles. The summed E-state index contributed by atoms with van der Waals surface area (Å²) >= 11 is 0. The van der Waals surface area contributed by atoms with E-state index in [0.717, 1.165) is 34.6 Å². The van der Waals surface area contributed by atoms with Crippen molar-refractivity contribution in [2.75, 3.05) is 0 Å². The lowest BCUT2D eigenvalue weighted by Crippen LogP contribution is -2.59. The van der Waals surface area contributed by atoms with E-state index < -0.39 is 101 Å². The Bertz CT molecular complexity index is 1540. The normalized spacial score (nSPS) is 31.4. The minimum atomic E-state index is -2.07. The SMILES string of the molecule is C=C1[C@H](OC(C)=O)[C@@H](OC(C)=O)[C@@H](OC(C)=O)C(C)(C)/C=C\[C@H](C)C(=O)[C@@]2(OC(C)=O)C[C@H](C)[C@H](OC(C)=O)[C@@H]2[C@H]1OC(=O)c1ccccc1. The molecule has 272 valence electrons. The number of fused-ring (bicyclic) bond motifs is 1. The summed E-state index contributed by atoms with van der Waals surface area (Å²) in [6, 6.07) is 7.82. The molecule has 0 saturated heterocycles. The second-order valence-corrected chi connectivity index (χ2v) is 13.5. The molecule has 0 unspecified atom stereocenters. The van der Waals surface area contributed by atoms with Crippen LogP contribution >= 0.6 is 0 Å². The Morgan fingerprint density at radius 1 is 0.720 bits per heavy atom. The van der Waals surface area contributed by atoms with Gasteiger partial charge in [0, 0.05) is 57.9 Å². The van der Waals surface area contributed by atoms with Crippen molar-refractivity contribution in [2.45, 2.75) is 105 Å². The van der Waals surface area contributed by atoms with Crippen molar-refractivity contribution >= 4 is 41.6 Å². The lowest BCUT2D eigenvalue weighted by Gasteiger charge is -2.44. The lowest BCUT2D eigenvalue weighted by molar-refractivity contribution is -0.191. The maximum absolute atomic E-state index is 14.7. The van der Waals surface area contributed by atoms with Gasteiger partial charge in [0.25, 0.3) is 0 Å². The highest BCUT2D eigenvalue weighted by atomic mass is 16.6. The molecule has 1 aromatic rings. The molecule has 2 aliphatic carbocycles. The van der Waals surface area contributed by atoms with Crippen molar-refractivity contribution in [3.05, 3.63) is 60.2 Å². The average Bonchev–Trinajstić information content (AvgIpc) is 3.27. The molecule has 1 aromatic carbocycles. The first kappa shape index (κ1) is 39.6. The predicted octanol–water partition coefficient (Wildman–Crippen LogP) is 4.25. The quantitative estimate of drug-likeness (QED) is 0.225. The number of hydrogen-bond donors (Lipinski definition) is 0. The van der Waals surface area contributed by atoms with E-state index in [1.807, 2.05) is 0 Å². The standard InChI is InChI=1S/C37H46O13/c1-19-16-17-36(9,10)34(48-25(7)41)32(47-24(6)40)31(46-23(5)39)21(3)30(49-35(44)27-14-12-11-13-15-27)28-29(45-22(4)38)20(2)18-37(28,33(19)43)50-26(8)42/h11-17,19-20,28-32,34H,3,18H2,1-2,4-10H3/b17-16-/t19-,20-,28+,29-,30-,31-,32+,34+,37+/m0/s1. The fourth-order valence-electron chi connectivity index (χ4n) is 6.92. The fraction of sp³-hybridized carbons (Fsp3) is 0.541. The third kappa shape index (κ3) is 8.85. The zero-order chi connectivity index (χ0) is 37.7. The van der Waals surface area contributed by atoms with Gasteiger partial charge in [-0.3, -0.25) is 28.8 Å². The fourth-order valence-corrected chi connectivity index (χ4v) is 6.92. The number of ketones is 1. The molecule has 0 spiro atoms. The van der Waals surface area contributed by atoms with E-state index in [-0.39, 0.29) is 17.6 Å². The molecule has 50 heavy (non-hydrogen) atoms. The molecule has 0 aromatic heterocycles. The molecular weight excluding hydrogens is 652 g/mol. The second kappa shape index (κ2) is 15.8. The van der Waals surface area contributed by atoms with Crippen molar-refractivity contribution in [1.29, 1.82) is 0 Å². The molecule has 9 atom stereocenters. The molecule has 0 radical (unpaired) electrons. The number of hydrogen-bond acceptors (Lipinski definition) is 13. The predicted molar refractivity (Wildman–Crippen MR) is 176 cm³/mol. The zero-order valence-electron chi connectivity index (χ0n) is 29.9. The third-order valence-electron chi connectivity index (χ3n) is 8.87. The highest BCUT2D eigenvalue weighted by molar-refractivity contribution is 5.94. The summed E-state index contributed by atoms with van der Waals surface area (Å²) in [5.74, 6) is -8.67. The zero-order valence-corrected chi connectivity index (χ0v) is 29.9. The van der Waals surface area contributed by atoms with Crippen LogP contribution in [0.15, 0.2) is 54.6 Å². The Morgan fingerprint density at radius 3 is 1.78 bits per heavy atom. The highest BCUT2D eigenvalue weighted by Crippen LogP contribution is 2.51.